The van der Waals surface area contributed by atoms with Crippen molar-refractivity contribution in [3.8, 4) is 0 Å². The first-order valence-electron chi connectivity index (χ1n) is 3.43. The Balaban J connectivity index is 3.64. The molecule has 0 aliphatic rings. The molecule has 0 atom stereocenters. The van der Waals surface area contributed by atoms with Gasteiger partial charge in [0.15, 0.2) is 0 Å². The molecule has 0 saturated heterocycles. The van der Waals surface area contributed by atoms with Crippen LogP contribution in [0.25, 0.3) is 0 Å². The van der Waals surface area contributed by atoms with Crippen LogP contribution in [0.4, 0.5) is 0 Å². The number of carboxylic acid groups (broad SMARTS) is 2. The van der Waals surface area contributed by atoms with Gasteiger partial charge in [-0.3, -0.25) is 9.59 Å². The van der Waals surface area contributed by atoms with E-state index in [1.807, 2.05) is 0 Å². The second-order valence-corrected chi connectivity index (χ2v) is 2.11. The van der Waals surface area contributed by atoms with Crippen LogP contribution in [0.1, 0.15) is 6.42 Å². The highest BCUT2D eigenvalue weighted by molar-refractivity contribution is 5.93. The zero-order valence-corrected chi connectivity index (χ0v) is 6.69. The number of amides is 1. The molecule has 3 N–H and O–H groups in total. The molecular formula is C7H9NO5. The van der Waals surface area contributed by atoms with Crippen LogP contribution in [-0.2, 0) is 14.4 Å². The third-order valence-corrected chi connectivity index (χ3v) is 1.02. The van der Waals surface area contributed by atoms with Gasteiger partial charge in [0, 0.05) is 18.7 Å². The molecule has 0 aliphatic carbocycles. The van der Waals surface area contributed by atoms with E-state index in [0.717, 1.165) is 6.08 Å². The minimum absolute atomic E-state index is 0.0157. The predicted molar refractivity (Wildman–Crippen MR) is 42.0 cm³/mol. The molecule has 0 saturated carbocycles. The van der Waals surface area contributed by atoms with Crippen molar-refractivity contribution in [2.75, 3.05) is 6.54 Å². The average molecular weight is 187 g/mol. The molecule has 72 valence electrons. The second-order valence-electron chi connectivity index (χ2n) is 2.11. The van der Waals surface area contributed by atoms with E-state index >= 15 is 0 Å². The van der Waals surface area contributed by atoms with Gasteiger partial charge in [-0.15, -0.1) is 0 Å². The van der Waals surface area contributed by atoms with Gasteiger partial charge in [0.1, 0.15) is 0 Å². The maximum atomic E-state index is 10.7. The van der Waals surface area contributed by atoms with E-state index in [0.29, 0.717) is 6.08 Å². The van der Waals surface area contributed by atoms with Gasteiger partial charge in [-0.25, -0.2) is 4.79 Å². The molecule has 0 spiro atoms. The topological polar surface area (TPSA) is 104 Å². The zero-order chi connectivity index (χ0) is 10.3. The molecule has 0 rings (SSSR count). The molecule has 0 unspecified atom stereocenters. The number of rotatable bonds is 5. The Labute approximate surface area is 73.9 Å². The fraction of sp³-hybridized carbons (Fsp3) is 0.286. The molecule has 0 aliphatic heterocycles. The van der Waals surface area contributed by atoms with Gasteiger partial charge in [-0.1, -0.05) is 0 Å². The lowest BCUT2D eigenvalue weighted by atomic mass is 10.4. The first kappa shape index (κ1) is 11.2. The smallest absolute Gasteiger partial charge is 0.328 e. The SMILES string of the molecule is O=C(O)/C=C/C(=O)NCCC(=O)O. The molecule has 6 nitrogen and oxygen atoms in total. The molecule has 0 heterocycles. The summed E-state index contributed by atoms with van der Waals surface area (Å²) in [6.07, 6.45) is 1.31. The Kier molecular flexibility index (Phi) is 4.94. The van der Waals surface area contributed by atoms with Crippen molar-refractivity contribution in [1.29, 1.82) is 0 Å². The van der Waals surface area contributed by atoms with Crippen molar-refractivity contribution in [3.05, 3.63) is 12.2 Å². The second kappa shape index (κ2) is 5.76. The van der Waals surface area contributed by atoms with Crippen LogP contribution in [0.2, 0.25) is 0 Å². The molecule has 0 radical (unpaired) electrons. The van der Waals surface area contributed by atoms with Crippen LogP contribution in [0.3, 0.4) is 0 Å². The van der Waals surface area contributed by atoms with Crippen molar-refractivity contribution in [2.24, 2.45) is 0 Å². The zero-order valence-electron chi connectivity index (χ0n) is 6.69. The van der Waals surface area contributed by atoms with Crippen molar-refractivity contribution in [2.45, 2.75) is 6.42 Å². The minimum Gasteiger partial charge on any atom is -0.481 e. The first-order chi connectivity index (χ1) is 6.02. The Bertz CT molecular complexity index is 245. The molecule has 0 aromatic rings. The van der Waals surface area contributed by atoms with Gasteiger partial charge >= 0.3 is 11.9 Å². The Morgan fingerprint density at radius 3 is 2.23 bits per heavy atom. The molecule has 1 amide bonds. The van der Waals surface area contributed by atoms with E-state index in [4.69, 9.17) is 10.2 Å². The number of aliphatic carboxylic acids is 2. The normalized spacial score (nSPS) is 9.85. The van der Waals surface area contributed by atoms with Gasteiger partial charge < -0.3 is 15.5 Å². The van der Waals surface area contributed by atoms with Crippen molar-refractivity contribution in [3.63, 3.8) is 0 Å². The summed E-state index contributed by atoms with van der Waals surface area (Å²) in [5.41, 5.74) is 0. The molecule has 0 aromatic carbocycles. The van der Waals surface area contributed by atoms with Gasteiger partial charge in [-0.2, -0.15) is 0 Å². The van der Waals surface area contributed by atoms with E-state index in [1.165, 1.54) is 0 Å². The van der Waals surface area contributed by atoms with Crippen LogP contribution in [0, 0.1) is 0 Å². The summed E-state index contributed by atoms with van der Waals surface area (Å²) in [6, 6.07) is 0. The van der Waals surface area contributed by atoms with E-state index < -0.39 is 17.8 Å². The Morgan fingerprint density at radius 1 is 1.15 bits per heavy atom. The third kappa shape index (κ3) is 8.05. The number of carbonyl (C=O) groups excluding carboxylic acids is 1. The lowest BCUT2D eigenvalue weighted by Gasteiger charge is -1.96. The van der Waals surface area contributed by atoms with Gasteiger partial charge in [-0.05, 0) is 0 Å². The minimum atomic E-state index is -1.23. The third-order valence-electron chi connectivity index (χ3n) is 1.02. The van der Waals surface area contributed by atoms with Crippen molar-refractivity contribution >= 4 is 17.8 Å². The van der Waals surface area contributed by atoms with E-state index in [-0.39, 0.29) is 13.0 Å². The fourth-order valence-electron chi connectivity index (χ4n) is 0.499. The summed E-state index contributed by atoms with van der Waals surface area (Å²) in [7, 11) is 0. The molecule has 13 heavy (non-hydrogen) atoms. The highest BCUT2D eigenvalue weighted by atomic mass is 16.4. The summed E-state index contributed by atoms with van der Waals surface area (Å²) in [5.74, 6) is -2.88. The average Bonchev–Trinajstić information content (AvgIpc) is 2.00. The van der Waals surface area contributed by atoms with Crippen molar-refractivity contribution in [1.82, 2.24) is 5.32 Å². The van der Waals surface area contributed by atoms with E-state index in [9.17, 15) is 14.4 Å². The molecule has 0 fully saturated rings. The lowest BCUT2D eigenvalue weighted by molar-refractivity contribution is -0.137. The molecule has 0 aromatic heterocycles. The quantitative estimate of drug-likeness (QED) is 0.490. The van der Waals surface area contributed by atoms with Gasteiger partial charge in [0.25, 0.3) is 0 Å². The van der Waals surface area contributed by atoms with Crippen molar-refractivity contribution < 1.29 is 24.6 Å². The number of hydrogen-bond acceptors (Lipinski definition) is 3. The van der Waals surface area contributed by atoms with Crippen LogP contribution in [-0.4, -0.2) is 34.6 Å². The van der Waals surface area contributed by atoms with E-state index in [2.05, 4.69) is 5.32 Å². The van der Waals surface area contributed by atoms with Gasteiger partial charge in [0.2, 0.25) is 5.91 Å². The van der Waals surface area contributed by atoms with E-state index in [1.54, 1.807) is 0 Å². The molecule has 6 heteroatoms. The maximum absolute atomic E-state index is 10.7. The summed E-state index contributed by atoms with van der Waals surface area (Å²) < 4.78 is 0. The predicted octanol–water partition coefficient (Wildman–Crippen LogP) is -0.782. The number of nitrogens with one attached hydrogen (secondary N) is 1. The van der Waals surface area contributed by atoms with Crippen LogP contribution >= 0.6 is 0 Å². The summed E-state index contributed by atoms with van der Waals surface area (Å²) in [6.45, 7) is -0.0157. The summed E-state index contributed by atoms with van der Waals surface area (Å²) in [5, 5.41) is 18.5. The lowest BCUT2D eigenvalue weighted by Crippen LogP contribution is -2.24. The highest BCUT2D eigenvalue weighted by Crippen LogP contribution is 1.78. The monoisotopic (exact) mass is 187 g/mol. The number of carbonyl (C=O) groups is 3. The standard InChI is InChI=1S/C7H9NO5/c9-5(1-2-6(10)11)8-4-3-7(12)13/h1-2H,3-4H2,(H,8,9)(H,10,11)(H,12,13)/b2-1+. The Morgan fingerprint density at radius 2 is 1.77 bits per heavy atom. The van der Waals surface area contributed by atoms with Crippen LogP contribution < -0.4 is 5.32 Å². The first-order valence-corrected chi connectivity index (χ1v) is 3.43. The summed E-state index contributed by atoms with van der Waals surface area (Å²) in [4.78, 5) is 30.6. The number of hydrogen-bond donors (Lipinski definition) is 3. The largest absolute Gasteiger partial charge is 0.481 e. The van der Waals surface area contributed by atoms with Crippen LogP contribution in [0.5, 0.6) is 0 Å². The highest BCUT2D eigenvalue weighted by Gasteiger charge is 1.98. The Hall–Kier alpha value is -1.85. The van der Waals surface area contributed by atoms with Crippen LogP contribution in [0.15, 0.2) is 12.2 Å². The fourth-order valence-corrected chi connectivity index (χ4v) is 0.499. The maximum Gasteiger partial charge on any atom is 0.328 e. The number of carboxylic acids is 2. The summed E-state index contributed by atoms with van der Waals surface area (Å²) >= 11 is 0. The molecule has 0 bridgehead atoms. The molecular weight excluding hydrogens is 178 g/mol. The van der Waals surface area contributed by atoms with Gasteiger partial charge in [0.05, 0.1) is 6.42 Å².